The number of hydrogen-bond donors (Lipinski definition) is 3. The molecule has 11 nitrogen and oxygen atoms in total. The Morgan fingerprint density at radius 1 is 1.09 bits per heavy atom. The summed E-state index contributed by atoms with van der Waals surface area (Å²) in [5, 5.41) is 31.1. The molecular formula is C24H34O11. The van der Waals surface area contributed by atoms with E-state index in [-0.39, 0.29) is 12.8 Å². The number of hydrogen-bond acceptors (Lipinski definition) is 9. The number of Topliss-reactive ketones (excluding diaryl/α,β-unsaturated/α-hetero) is 1. The molecule has 3 aliphatic rings. The van der Waals surface area contributed by atoms with Gasteiger partial charge < -0.3 is 34.3 Å². The molecule has 3 rings (SSSR count). The lowest BCUT2D eigenvalue weighted by molar-refractivity contribution is -0.370. The van der Waals surface area contributed by atoms with Crippen LogP contribution in [0.25, 0.3) is 0 Å². The largest absolute Gasteiger partial charge is 0.506 e. The summed E-state index contributed by atoms with van der Waals surface area (Å²) in [6.07, 6.45) is -6.21. The minimum absolute atomic E-state index is 0.129. The van der Waals surface area contributed by atoms with E-state index in [9.17, 15) is 34.5 Å². The molecule has 0 aromatic rings. The van der Waals surface area contributed by atoms with Gasteiger partial charge in [0.15, 0.2) is 17.5 Å². The second kappa shape index (κ2) is 8.19. The highest BCUT2D eigenvalue weighted by Gasteiger charge is 2.84. The van der Waals surface area contributed by atoms with Crippen LogP contribution in [0.1, 0.15) is 60.8 Å². The molecule has 3 fully saturated rings. The Hall–Kier alpha value is -2.66. The Labute approximate surface area is 203 Å². The van der Waals surface area contributed by atoms with Crippen LogP contribution in [-0.2, 0) is 28.5 Å². The highest BCUT2D eigenvalue weighted by molar-refractivity contribution is 5.94. The first-order valence-electron chi connectivity index (χ1n) is 11.5. The Balaban J connectivity index is 2.47. The zero-order chi connectivity index (χ0) is 26.8. The number of carbonyl (C=O) groups excluding carboxylic acids is 2. The summed E-state index contributed by atoms with van der Waals surface area (Å²) in [5.41, 5.74) is -8.33. The first-order valence-corrected chi connectivity index (χ1v) is 11.5. The summed E-state index contributed by atoms with van der Waals surface area (Å²) < 4.78 is 22.6. The van der Waals surface area contributed by atoms with Crippen molar-refractivity contribution in [2.75, 3.05) is 0 Å². The molecule has 1 aliphatic heterocycles. The van der Waals surface area contributed by atoms with Crippen molar-refractivity contribution in [1.82, 2.24) is 0 Å². The topological polar surface area (TPSA) is 166 Å². The van der Waals surface area contributed by atoms with Crippen molar-refractivity contribution in [3.8, 4) is 0 Å². The molecule has 0 amide bonds. The van der Waals surface area contributed by atoms with Gasteiger partial charge in [0.2, 0.25) is 5.60 Å². The van der Waals surface area contributed by atoms with Gasteiger partial charge >= 0.3 is 18.3 Å². The van der Waals surface area contributed by atoms with Crippen molar-refractivity contribution in [2.24, 2.45) is 16.7 Å². The number of fused-ring (bicyclic) bond motifs is 3. The maximum absolute atomic E-state index is 14.2. The highest BCUT2D eigenvalue weighted by atomic mass is 16.7. The minimum atomic E-state index is -2.41. The second-order valence-corrected chi connectivity index (χ2v) is 11.1. The molecule has 35 heavy (non-hydrogen) atoms. The smallest absolute Gasteiger partial charge is 0.457 e. The summed E-state index contributed by atoms with van der Waals surface area (Å²) >= 11 is 0. The summed E-state index contributed by atoms with van der Waals surface area (Å²) in [5.74, 6) is -2.51. The van der Waals surface area contributed by atoms with Crippen molar-refractivity contribution in [3.63, 3.8) is 0 Å². The van der Waals surface area contributed by atoms with Crippen molar-refractivity contribution < 1.29 is 53.4 Å². The molecule has 11 heteroatoms. The van der Waals surface area contributed by atoms with E-state index in [1.165, 1.54) is 19.9 Å². The van der Waals surface area contributed by atoms with Crippen LogP contribution in [-0.4, -0.2) is 74.5 Å². The maximum Gasteiger partial charge on any atom is 0.506 e. The van der Waals surface area contributed by atoms with E-state index in [0.29, 0.717) is 6.42 Å². The molecule has 0 spiro atoms. The average Bonchev–Trinajstić information content (AvgIpc) is 2.69. The summed E-state index contributed by atoms with van der Waals surface area (Å²) in [6.45, 7) is 12.8. The van der Waals surface area contributed by atoms with Crippen LogP contribution in [0.2, 0.25) is 0 Å². The van der Waals surface area contributed by atoms with Crippen molar-refractivity contribution in [2.45, 2.75) is 95.9 Å². The molecule has 8 atom stereocenters. The highest BCUT2D eigenvalue weighted by Crippen LogP contribution is 2.68. The number of carbonyl (C=O) groups is 4. The summed E-state index contributed by atoms with van der Waals surface area (Å²) in [6, 6.07) is 0. The van der Waals surface area contributed by atoms with Crippen LogP contribution < -0.4 is 0 Å². The molecule has 0 unspecified atom stereocenters. The van der Waals surface area contributed by atoms with E-state index in [1.807, 2.05) is 0 Å². The normalized spacial score (nSPS) is 44.3. The van der Waals surface area contributed by atoms with Gasteiger partial charge in [0.05, 0.1) is 17.1 Å². The van der Waals surface area contributed by atoms with Gasteiger partial charge in [-0.05, 0) is 32.1 Å². The third-order valence-corrected chi connectivity index (χ3v) is 8.42. The lowest BCUT2D eigenvalue weighted by Crippen LogP contribution is -2.87. The van der Waals surface area contributed by atoms with Gasteiger partial charge in [0.25, 0.3) is 0 Å². The fraction of sp³-hybridized carbons (Fsp3) is 0.750. The number of aliphatic hydroxyl groups is 1. The lowest BCUT2D eigenvalue weighted by atomic mass is 9.39. The molecule has 0 aromatic carbocycles. The van der Waals surface area contributed by atoms with Gasteiger partial charge in [-0.25, -0.2) is 9.59 Å². The molecule has 1 saturated heterocycles. The van der Waals surface area contributed by atoms with Gasteiger partial charge in [-0.3, -0.25) is 9.59 Å². The van der Waals surface area contributed by atoms with E-state index < -0.39 is 75.9 Å². The van der Waals surface area contributed by atoms with Gasteiger partial charge in [-0.2, -0.15) is 0 Å². The molecule has 0 bridgehead atoms. The van der Waals surface area contributed by atoms with Crippen LogP contribution in [0.5, 0.6) is 0 Å². The zero-order valence-electron chi connectivity index (χ0n) is 20.8. The van der Waals surface area contributed by atoms with Crippen molar-refractivity contribution in [3.05, 3.63) is 12.7 Å². The van der Waals surface area contributed by atoms with Gasteiger partial charge in [0, 0.05) is 19.3 Å². The predicted molar refractivity (Wildman–Crippen MR) is 119 cm³/mol. The molecule has 3 N–H and O–H groups in total. The standard InChI is InChI=1S/C24H34O11/c1-8-21(5)11-13(26)24(34-19(30)31)22(6)14(33-18(28)29)9-10-20(3,4)16(22)15(27)17(32-12(2)25)23(24,7)35-21/h8,14-17,27H,1,9-11H2,2-7H3,(H,28,29)(H,30,31)/t14-,15-,16-,17-,21-,22-,23+,24-/m0/s1. The minimum Gasteiger partial charge on any atom is -0.457 e. The number of carboxylic acid groups (broad SMARTS) is 2. The van der Waals surface area contributed by atoms with Crippen LogP contribution in [0, 0.1) is 16.7 Å². The number of ketones is 1. The Kier molecular flexibility index (Phi) is 6.31. The quantitative estimate of drug-likeness (QED) is 0.296. The van der Waals surface area contributed by atoms with E-state index >= 15 is 0 Å². The van der Waals surface area contributed by atoms with Gasteiger partial charge in [-0.1, -0.05) is 26.8 Å². The number of esters is 1. The van der Waals surface area contributed by atoms with E-state index in [1.54, 1.807) is 20.8 Å². The zero-order valence-corrected chi connectivity index (χ0v) is 20.8. The number of rotatable bonds is 4. The number of ether oxygens (including phenoxy) is 4. The molecule has 2 aliphatic carbocycles. The molecule has 2 saturated carbocycles. The molecule has 196 valence electrons. The SMILES string of the molecule is C=C[C@@]1(C)CC(=O)[C@]2(OC(=O)O)[C@@]3(C)[C@@H](OC(=O)O)CCC(C)(C)[C@@H]3[C@H](O)[C@H](OC(C)=O)[C@@]2(C)O1. The summed E-state index contributed by atoms with van der Waals surface area (Å²) in [4.78, 5) is 50.2. The monoisotopic (exact) mass is 498 g/mol. The van der Waals surface area contributed by atoms with E-state index in [0.717, 1.165) is 6.92 Å². The number of aliphatic hydroxyl groups excluding tert-OH is 1. The Morgan fingerprint density at radius 2 is 1.69 bits per heavy atom. The average molecular weight is 499 g/mol. The summed E-state index contributed by atoms with van der Waals surface area (Å²) in [7, 11) is 0. The first kappa shape index (κ1) is 26.9. The maximum atomic E-state index is 14.2. The van der Waals surface area contributed by atoms with Crippen molar-refractivity contribution >= 4 is 24.1 Å². The molecule has 1 heterocycles. The molecule has 0 aromatic heterocycles. The molecular weight excluding hydrogens is 464 g/mol. The van der Waals surface area contributed by atoms with E-state index in [4.69, 9.17) is 18.9 Å². The fourth-order valence-electron chi connectivity index (χ4n) is 7.32. The van der Waals surface area contributed by atoms with Crippen LogP contribution in [0.15, 0.2) is 12.7 Å². The van der Waals surface area contributed by atoms with Crippen LogP contribution >= 0.6 is 0 Å². The third-order valence-electron chi connectivity index (χ3n) is 8.42. The Morgan fingerprint density at radius 3 is 2.17 bits per heavy atom. The second-order valence-electron chi connectivity index (χ2n) is 11.1. The van der Waals surface area contributed by atoms with Crippen LogP contribution in [0.4, 0.5) is 9.59 Å². The van der Waals surface area contributed by atoms with Crippen LogP contribution in [0.3, 0.4) is 0 Å². The van der Waals surface area contributed by atoms with Gasteiger partial charge in [0.1, 0.15) is 6.10 Å². The van der Waals surface area contributed by atoms with E-state index in [2.05, 4.69) is 6.58 Å². The Bertz CT molecular complexity index is 959. The molecule has 0 radical (unpaired) electrons. The fourth-order valence-corrected chi connectivity index (χ4v) is 7.32. The first-order chi connectivity index (χ1) is 15.9. The van der Waals surface area contributed by atoms with Crippen molar-refractivity contribution in [1.29, 1.82) is 0 Å². The predicted octanol–water partition coefficient (Wildman–Crippen LogP) is 2.92. The van der Waals surface area contributed by atoms with Gasteiger partial charge in [-0.15, -0.1) is 6.58 Å². The lowest BCUT2D eigenvalue weighted by Gasteiger charge is -2.71. The third kappa shape index (κ3) is 3.62.